The molecule has 0 heterocycles. The maximum absolute atomic E-state index is 13.2. The standard InChI is InChI=1S/C19H32N2O4S/c1-14(16-6-4-5-7-16)12-21(13-19(22)15(2)20)26(23,24)18-10-8-17(25-3)9-11-18/h8-11,14-16,19,22H,4-7,12-13,20H2,1-3H3/t14?,15-,19+/m0/s1. The predicted octanol–water partition coefficient (Wildman–Crippen LogP) is 2.22. The minimum absolute atomic E-state index is 0.00306. The summed E-state index contributed by atoms with van der Waals surface area (Å²) in [7, 11) is -2.18. The number of sulfonamides is 1. The molecule has 0 saturated heterocycles. The molecule has 1 saturated carbocycles. The normalized spacial score (nSPS) is 19.5. The predicted molar refractivity (Wildman–Crippen MR) is 103 cm³/mol. The summed E-state index contributed by atoms with van der Waals surface area (Å²) in [5.41, 5.74) is 5.77. The molecule has 26 heavy (non-hydrogen) atoms. The number of rotatable bonds is 9. The number of ether oxygens (including phenoxy) is 1. The fourth-order valence-electron chi connectivity index (χ4n) is 3.54. The van der Waals surface area contributed by atoms with Gasteiger partial charge >= 0.3 is 0 Å². The Morgan fingerprint density at radius 1 is 1.19 bits per heavy atom. The Hall–Kier alpha value is -1.15. The molecule has 0 bridgehead atoms. The van der Waals surface area contributed by atoms with Gasteiger partial charge in [-0.15, -0.1) is 0 Å². The first-order chi connectivity index (χ1) is 12.3. The molecule has 0 amide bonds. The SMILES string of the molecule is COc1ccc(S(=O)(=O)N(CC(C)C2CCCC2)C[C@@H](O)[C@H](C)N)cc1. The smallest absolute Gasteiger partial charge is 0.243 e. The van der Waals surface area contributed by atoms with E-state index in [4.69, 9.17) is 10.5 Å². The zero-order valence-corrected chi connectivity index (χ0v) is 16.8. The molecule has 2 rings (SSSR count). The molecule has 6 nitrogen and oxygen atoms in total. The quantitative estimate of drug-likeness (QED) is 0.681. The zero-order chi connectivity index (χ0) is 19.3. The zero-order valence-electron chi connectivity index (χ0n) is 16.0. The molecule has 1 fully saturated rings. The number of benzene rings is 1. The second kappa shape index (κ2) is 9.17. The third-order valence-electron chi connectivity index (χ3n) is 5.39. The van der Waals surface area contributed by atoms with Gasteiger partial charge in [-0.25, -0.2) is 8.42 Å². The molecule has 0 aliphatic heterocycles. The van der Waals surface area contributed by atoms with Crippen molar-refractivity contribution in [3.05, 3.63) is 24.3 Å². The molecule has 7 heteroatoms. The average Bonchev–Trinajstić information content (AvgIpc) is 3.15. The van der Waals surface area contributed by atoms with Crippen molar-refractivity contribution in [3.8, 4) is 5.75 Å². The highest BCUT2D eigenvalue weighted by Gasteiger charge is 2.32. The molecule has 0 aromatic heterocycles. The van der Waals surface area contributed by atoms with Crippen molar-refractivity contribution < 1.29 is 18.3 Å². The van der Waals surface area contributed by atoms with E-state index >= 15 is 0 Å². The Morgan fingerprint density at radius 2 is 1.77 bits per heavy atom. The van der Waals surface area contributed by atoms with Gasteiger partial charge in [0.25, 0.3) is 0 Å². The van der Waals surface area contributed by atoms with Crippen molar-refractivity contribution in [2.24, 2.45) is 17.6 Å². The van der Waals surface area contributed by atoms with Crippen molar-refractivity contribution >= 4 is 10.0 Å². The summed E-state index contributed by atoms with van der Waals surface area (Å²) in [4.78, 5) is 0.203. The lowest BCUT2D eigenvalue weighted by Crippen LogP contribution is -2.46. The number of hydrogen-bond acceptors (Lipinski definition) is 5. The molecule has 1 aromatic rings. The minimum Gasteiger partial charge on any atom is -0.497 e. The monoisotopic (exact) mass is 384 g/mol. The van der Waals surface area contributed by atoms with Crippen LogP contribution in [0.15, 0.2) is 29.2 Å². The number of nitrogens with two attached hydrogens (primary N) is 1. The van der Waals surface area contributed by atoms with Crippen LogP contribution in [-0.4, -0.2) is 50.2 Å². The minimum atomic E-state index is -3.72. The Balaban J connectivity index is 2.24. The van der Waals surface area contributed by atoms with Crippen LogP contribution >= 0.6 is 0 Å². The largest absolute Gasteiger partial charge is 0.497 e. The first-order valence-corrected chi connectivity index (χ1v) is 10.8. The summed E-state index contributed by atoms with van der Waals surface area (Å²) in [6, 6.07) is 5.85. The van der Waals surface area contributed by atoms with Gasteiger partial charge in [0, 0.05) is 19.1 Å². The highest BCUT2D eigenvalue weighted by Crippen LogP contribution is 2.32. The van der Waals surface area contributed by atoms with Gasteiger partial charge in [0.2, 0.25) is 10.0 Å². The van der Waals surface area contributed by atoms with Gasteiger partial charge < -0.3 is 15.6 Å². The molecular weight excluding hydrogens is 352 g/mol. The van der Waals surface area contributed by atoms with E-state index in [1.54, 1.807) is 31.2 Å². The number of nitrogens with zero attached hydrogens (tertiary/aromatic N) is 1. The summed E-state index contributed by atoms with van der Waals surface area (Å²) in [5, 5.41) is 10.2. The molecule has 1 unspecified atom stereocenters. The van der Waals surface area contributed by atoms with Crippen LogP contribution in [0, 0.1) is 11.8 Å². The van der Waals surface area contributed by atoms with Gasteiger partial charge in [0.05, 0.1) is 18.1 Å². The van der Waals surface area contributed by atoms with E-state index < -0.39 is 22.2 Å². The average molecular weight is 385 g/mol. The number of hydrogen-bond donors (Lipinski definition) is 2. The Labute approximate surface area is 157 Å². The van der Waals surface area contributed by atoms with Crippen molar-refractivity contribution in [1.29, 1.82) is 0 Å². The Bertz CT molecular complexity index is 655. The summed E-state index contributed by atoms with van der Waals surface area (Å²) >= 11 is 0. The van der Waals surface area contributed by atoms with Crippen LogP contribution in [0.1, 0.15) is 39.5 Å². The van der Waals surface area contributed by atoms with E-state index in [0.29, 0.717) is 18.2 Å². The maximum Gasteiger partial charge on any atom is 0.243 e. The number of aliphatic hydroxyl groups excluding tert-OH is 1. The lowest BCUT2D eigenvalue weighted by atomic mass is 9.92. The first kappa shape index (κ1) is 21.2. The molecular formula is C19H32N2O4S. The van der Waals surface area contributed by atoms with Crippen LogP contribution in [0.5, 0.6) is 5.75 Å². The van der Waals surface area contributed by atoms with Crippen LogP contribution in [0.2, 0.25) is 0 Å². The van der Waals surface area contributed by atoms with Crippen LogP contribution in [0.4, 0.5) is 0 Å². The Kier molecular flexibility index (Phi) is 7.46. The van der Waals surface area contributed by atoms with E-state index in [0.717, 1.165) is 12.8 Å². The van der Waals surface area contributed by atoms with Crippen molar-refractivity contribution in [2.45, 2.75) is 56.6 Å². The summed E-state index contributed by atoms with van der Waals surface area (Å²) < 4.78 is 32.8. The topological polar surface area (TPSA) is 92.9 Å². The molecule has 3 N–H and O–H groups in total. The summed E-state index contributed by atoms with van der Waals surface area (Å²) in [5.74, 6) is 1.38. The molecule has 1 aliphatic carbocycles. The third-order valence-corrected chi connectivity index (χ3v) is 7.24. The molecule has 0 spiro atoms. The lowest BCUT2D eigenvalue weighted by Gasteiger charge is -2.30. The number of aliphatic hydroxyl groups is 1. The highest BCUT2D eigenvalue weighted by atomic mass is 32.2. The van der Waals surface area contributed by atoms with E-state index in [1.165, 1.54) is 24.3 Å². The van der Waals surface area contributed by atoms with Gasteiger partial charge in [-0.2, -0.15) is 4.31 Å². The summed E-state index contributed by atoms with van der Waals surface area (Å²) in [6.45, 7) is 4.18. The second-order valence-electron chi connectivity index (χ2n) is 7.45. The number of methoxy groups -OCH3 is 1. The van der Waals surface area contributed by atoms with E-state index in [2.05, 4.69) is 6.92 Å². The lowest BCUT2D eigenvalue weighted by molar-refractivity contribution is 0.117. The van der Waals surface area contributed by atoms with Crippen molar-refractivity contribution in [2.75, 3.05) is 20.2 Å². The second-order valence-corrected chi connectivity index (χ2v) is 9.38. The molecule has 148 valence electrons. The van der Waals surface area contributed by atoms with Gasteiger partial charge in [0.15, 0.2) is 0 Å². The summed E-state index contributed by atoms with van der Waals surface area (Å²) in [6.07, 6.45) is 3.81. The maximum atomic E-state index is 13.2. The molecule has 3 atom stereocenters. The third kappa shape index (κ3) is 5.19. The van der Waals surface area contributed by atoms with Crippen molar-refractivity contribution in [3.63, 3.8) is 0 Å². The van der Waals surface area contributed by atoms with E-state index in [-0.39, 0.29) is 17.4 Å². The van der Waals surface area contributed by atoms with Crippen LogP contribution in [0.3, 0.4) is 0 Å². The van der Waals surface area contributed by atoms with E-state index in [1.807, 2.05) is 0 Å². The molecule has 1 aromatic carbocycles. The Morgan fingerprint density at radius 3 is 2.27 bits per heavy atom. The molecule has 0 radical (unpaired) electrons. The van der Waals surface area contributed by atoms with Crippen molar-refractivity contribution in [1.82, 2.24) is 4.31 Å². The first-order valence-electron chi connectivity index (χ1n) is 9.33. The highest BCUT2D eigenvalue weighted by molar-refractivity contribution is 7.89. The van der Waals surface area contributed by atoms with Gasteiger partial charge in [-0.05, 0) is 43.0 Å². The van der Waals surface area contributed by atoms with Crippen LogP contribution in [0.25, 0.3) is 0 Å². The fourth-order valence-corrected chi connectivity index (χ4v) is 5.10. The fraction of sp³-hybridized carbons (Fsp3) is 0.684. The van der Waals surface area contributed by atoms with Crippen LogP contribution in [-0.2, 0) is 10.0 Å². The van der Waals surface area contributed by atoms with E-state index in [9.17, 15) is 13.5 Å². The van der Waals surface area contributed by atoms with Gasteiger partial charge in [-0.1, -0.05) is 32.6 Å². The molecule has 1 aliphatic rings. The van der Waals surface area contributed by atoms with Gasteiger partial charge in [-0.3, -0.25) is 0 Å². The van der Waals surface area contributed by atoms with Crippen LogP contribution < -0.4 is 10.5 Å². The van der Waals surface area contributed by atoms with Gasteiger partial charge in [0.1, 0.15) is 5.75 Å².